The second-order valence-corrected chi connectivity index (χ2v) is 7.32. The third-order valence-corrected chi connectivity index (χ3v) is 5.49. The molecule has 2 aromatic heterocycles. The van der Waals surface area contributed by atoms with E-state index < -0.39 is 12.0 Å². The van der Waals surface area contributed by atoms with Crippen LogP contribution in [0.25, 0.3) is 0 Å². The second kappa shape index (κ2) is 7.77. The van der Waals surface area contributed by atoms with E-state index in [4.69, 9.17) is 0 Å². The molecule has 0 fully saturated rings. The first-order valence-electron chi connectivity index (χ1n) is 8.49. The van der Waals surface area contributed by atoms with Gasteiger partial charge in [0.25, 0.3) is 0 Å². The number of amides is 1. The fourth-order valence-corrected chi connectivity index (χ4v) is 3.89. The molecular weight excluding hydrogens is 340 g/mol. The predicted octanol–water partition coefficient (Wildman–Crippen LogP) is 2.25. The highest BCUT2D eigenvalue weighted by Gasteiger charge is 2.35. The third-order valence-electron chi connectivity index (χ3n) is 4.56. The van der Waals surface area contributed by atoms with Crippen LogP contribution in [0, 0.1) is 6.92 Å². The van der Waals surface area contributed by atoms with E-state index in [1.54, 1.807) is 22.8 Å². The van der Waals surface area contributed by atoms with E-state index in [2.05, 4.69) is 21.6 Å². The number of hydrogen-bond acceptors (Lipinski definition) is 5. The number of carboxylic acids is 1. The average Bonchev–Trinajstić information content (AvgIpc) is 3.23. The number of nitrogens with zero attached hydrogens (tertiary/aromatic N) is 4. The van der Waals surface area contributed by atoms with E-state index >= 15 is 0 Å². The van der Waals surface area contributed by atoms with Gasteiger partial charge < -0.3 is 14.6 Å². The molecule has 2 aromatic rings. The number of carbonyl (C=O) groups is 2. The maximum atomic E-state index is 12.5. The van der Waals surface area contributed by atoms with Gasteiger partial charge in [-0.25, -0.2) is 4.79 Å². The maximum Gasteiger partial charge on any atom is 0.328 e. The summed E-state index contributed by atoms with van der Waals surface area (Å²) in [6.45, 7) is 2.22. The number of fused-ring (bicyclic) bond motifs is 1. The van der Waals surface area contributed by atoms with E-state index in [9.17, 15) is 14.7 Å². The number of unbranched alkanes of at least 4 members (excludes halogenated alkanes) is 2. The zero-order valence-electron chi connectivity index (χ0n) is 14.2. The molecule has 8 heteroatoms. The van der Waals surface area contributed by atoms with Crippen molar-refractivity contribution in [3.8, 4) is 0 Å². The van der Waals surface area contributed by atoms with E-state index in [-0.39, 0.29) is 19.0 Å². The highest BCUT2D eigenvalue weighted by molar-refractivity contribution is 7.09. The van der Waals surface area contributed by atoms with Crippen LogP contribution in [0.15, 0.2) is 17.5 Å². The summed E-state index contributed by atoms with van der Waals surface area (Å²) >= 11 is 1.75. The van der Waals surface area contributed by atoms with Crippen molar-refractivity contribution in [3.63, 3.8) is 0 Å². The summed E-state index contributed by atoms with van der Waals surface area (Å²) in [6, 6.07) is 3.33. The van der Waals surface area contributed by atoms with Crippen molar-refractivity contribution < 1.29 is 14.7 Å². The third kappa shape index (κ3) is 4.07. The summed E-state index contributed by atoms with van der Waals surface area (Å²) in [4.78, 5) is 26.9. The lowest BCUT2D eigenvalue weighted by Gasteiger charge is -2.33. The largest absolute Gasteiger partial charge is 0.480 e. The minimum absolute atomic E-state index is 0.115. The van der Waals surface area contributed by atoms with Gasteiger partial charge in [-0.2, -0.15) is 0 Å². The summed E-state index contributed by atoms with van der Waals surface area (Å²) in [5, 5.41) is 19.6. The topological polar surface area (TPSA) is 88.3 Å². The van der Waals surface area contributed by atoms with Crippen molar-refractivity contribution in [2.75, 3.05) is 0 Å². The zero-order valence-corrected chi connectivity index (χ0v) is 15.0. The molecule has 25 heavy (non-hydrogen) atoms. The minimum atomic E-state index is -0.982. The van der Waals surface area contributed by atoms with Gasteiger partial charge in [-0.3, -0.25) is 4.79 Å². The average molecular weight is 362 g/mol. The van der Waals surface area contributed by atoms with Crippen molar-refractivity contribution in [1.29, 1.82) is 0 Å². The normalized spacial score (nSPS) is 16.7. The Balaban J connectivity index is 1.52. The lowest BCUT2D eigenvalue weighted by molar-refractivity contribution is -0.152. The molecule has 134 valence electrons. The van der Waals surface area contributed by atoms with Crippen molar-refractivity contribution >= 4 is 23.2 Å². The van der Waals surface area contributed by atoms with Crippen LogP contribution in [0.2, 0.25) is 0 Å². The molecule has 1 unspecified atom stereocenters. The Morgan fingerprint density at radius 2 is 2.16 bits per heavy atom. The molecule has 1 atom stereocenters. The maximum absolute atomic E-state index is 12.5. The molecule has 0 radical (unpaired) electrons. The van der Waals surface area contributed by atoms with E-state index in [1.807, 2.05) is 6.07 Å². The van der Waals surface area contributed by atoms with Crippen molar-refractivity contribution in [1.82, 2.24) is 19.7 Å². The fraction of sp³-hybridized carbons (Fsp3) is 0.529. The van der Waals surface area contributed by atoms with Crippen molar-refractivity contribution in [2.24, 2.45) is 0 Å². The summed E-state index contributed by atoms with van der Waals surface area (Å²) < 4.78 is 1.78. The molecular formula is C17H22N4O3S. The van der Waals surface area contributed by atoms with Crippen LogP contribution in [0.4, 0.5) is 0 Å². The number of carboxylic acid groups (broad SMARTS) is 1. The minimum Gasteiger partial charge on any atom is -0.480 e. The molecule has 1 amide bonds. The number of rotatable bonds is 7. The fourth-order valence-electron chi connectivity index (χ4n) is 3.14. The SMILES string of the molecule is Cc1nnc2n1CC(C(=O)O)N(C(=O)CCCCCc1cccs1)C2. The molecule has 1 aliphatic rings. The summed E-state index contributed by atoms with van der Waals surface area (Å²) in [6.07, 6.45) is 4.20. The number of hydrogen-bond donors (Lipinski definition) is 1. The van der Waals surface area contributed by atoms with Crippen LogP contribution in [0.5, 0.6) is 0 Å². The molecule has 0 aliphatic carbocycles. The zero-order chi connectivity index (χ0) is 17.8. The Hall–Kier alpha value is -2.22. The quantitative estimate of drug-likeness (QED) is 0.763. The van der Waals surface area contributed by atoms with Gasteiger partial charge in [-0.15, -0.1) is 21.5 Å². The van der Waals surface area contributed by atoms with E-state index in [0.717, 1.165) is 25.7 Å². The molecule has 0 bridgehead atoms. The molecule has 3 heterocycles. The lowest BCUT2D eigenvalue weighted by Crippen LogP contribution is -2.50. The monoisotopic (exact) mass is 362 g/mol. The number of carbonyl (C=O) groups excluding carboxylic acids is 1. The van der Waals surface area contributed by atoms with Crippen LogP contribution >= 0.6 is 11.3 Å². The standard InChI is InChI=1S/C17H22N4O3S/c1-12-18-19-15-11-21(14(17(23)24)10-20(12)15)16(22)8-4-2-3-6-13-7-5-9-25-13/h5,7,9,14H,2-4,6,8,10-11H2,1H3,(H,23,24). The van der Waals surface area contributed by atoms with Gasteiger partial charge in [-0.1, -0.05) is 12.5 Å². The van der Waals surface area contributed by atoms with Crippen LogP contribution in [-0.2, 0) is 29.1 Å². The molecule has 0 spiro atoms. The Morgan fingerprint density at radius 1 is 1.32 bits per heavy atom. The second-order valence-electron chi connectivity index (χ2n) is 6.29. The highest BCUT2D eigenvalue weighted by atomic mass is 32.1. The number of thiophene rings is 1. The number of aromatic nitrogens is 3. The molecule has 0 saturated carbocycles. The predicted molar refractivity (Wildman–Crippen MR) is 93.2 cm³/mol. The van der Waals surface area contributed by atoms with Crippen molar-refractivity contribution in [2.45, 2.75) is 58.2 Å². The van der Waals surface area contributed by atoms with Crippen LogP contribution < -0.4 is 0 Å². The van der Waals surface area contributed by atoms with Gasteiger partial charge in [-0.05, 0) is 37.6 Å². The summed E-state index contributed by atoms with van der Waals surface area (Å²) in [5.74, 6) is 0.239. The highest BCUT2D eigenvalue weighted by Crippen LogP contribution is 2.20. The first kappa shape index (κ1) is 17.6. The number of aliphatic carboxylic acids is 1. The Kier molecular flexibility index (Phi) is 5.47. The van der Waals surface area contributed by atoms with Gasteiger partial charge in [0.05, 0.1) is 13.1 Å². The van der Waals surface area contributed by atoms with E-state index in [1.165, 1.54) is 9.78 Å². The van der Waals surface area contributed by atoms with Gasteiger partial charge in [0, 0.05) is 11.3 Å². The van der Waals surface area contributed by atoms with Gasteiger partial charge >= 0.3 is 5.97 Å². The van der Waals surface area contributed by atoms with Gasteiger partial charge in [0.15, 0.2) is 5.82 Å². The first-order chi connectivity index (χ1) is 12.1. The Morgan fingerprint density at radius 3 is 2.88 bits per heavy atom. The van der Waals surface area contributed by atoms with Crippen LogP contribution in [-0.4, -0.2) is 42.7 Å². The summed E-state index contributed by atoms with van der Waals surface area (Å²) in [5.41, 5.74) is 0. The smallest absolute Gasteiger partial charge is 0.328 e. The van der Waals surface area contributed by atoms with Crippen LogP contribution in [0.3, 0.4) is 0 Å². The molecule has 1 aliphatic heterocycles. The Bertz CT molecular complexity index is 741. The first-order valence-corrected chi connectivity index (χ1v) is 9.37. The molecule has 3 rings (SSSR count). The molecule has 0 saturated heterocycles. The lowest BCUT2D eigenvalue weighted by atomic mass is 10.1. The van der Waals surface area contributed by atoms with Gasteiger partial charge in [0.2, 0.25) is 5.91 Å². The van der Waals surface area contributed by atoms with Crippen LogP contribution in [0.1, 0.15) is 42.2 Å². The summed E-state index contributed by atoms with van der Waals surface area (Å²) in [7, 11) is 0. The van der Waals surface area contributed by atoms with E-state index in [0.29, 0.717) is 18.1 Å². The molecule has 1 N–H and O–H groups in total. The van der Waals surface area contributed by atoms with Crippen molar-refractivity contribution in [3.05, 3.63) is 34.0 Å². The number of aryl methyl sites for hydroxylation is 2. The molecule has 0 aromatic carbocycles. The Labute approximate surface area is 150 Å². The van der Waals surface area contributed by atoms with Gasteiger partial charge in [0.1, 0.15) is 11.9 Å². The molecule has 7 nitrogen and oxygen atoms in total.